The molecule has 3 aromatic heterocycles. The van der Waals surface area contributed by atoms with Gasteiger partial charge in [-0.1, -0.05) is 44.2 Å². The van der Waals surface area contributed by atoms with Crippen molar-refractivity contribution in [1.82, 2.24) is 15.0 Å². The van der Waals surface area contributed by atoms with E-state index in [-0.39, 0.29) is 0 Å². The quantitative estimate of drug-likeness (QED) is 0.490. The third kappa shape index (κ3) is 2.94. The second-order valence-electron chi connectivity index (χ2n) is 7.81. The van der Waals surface area contributed by atoms with Gasteiger partial charge in [-0.15, -0.1) is 11.3 Å². The molecule has 142 valence electrons. The van der Waals surface area contributed by atoms with E-state index >= 15 is 0 Å². The second kappa shape index (κ2) is 7.13. The van der Waals surface area contributed by atoms with Crippen LogP contribution in [0.4, 0.5) is 5.82 Å². The SMILES string of the molecule is CC(C)c1nc2sc3c(NCCc4ccccc4)ncnc3c2c2c1CCC2. The van der Waals surface area contributed by atoms with E-state index in [9.17, 15) is 0 Å². The summed E-state index contributed by atoms with van der Waals surface area (Å²) in [5, 5.41) is 4.80. The molecule has 0 saturated heterocycles. The minimum atomic E-state index is 0.455. The molecule has 0 saturated carbocycles. The van der Waals surface area contributed by atoms with Crippen molar-refractivity contribution in [3.8, 4) is 0 Å². The lowest BCUT2D eigenvalue weighted by Crippen LogP contribution is -2.06. The Morgan fingerprint density at radius 2 is 1.89 bits per heavy atom. The third-order valence-electron chi connectivity index (χ3n) is 5.60. The first-order valence-electron chi connectivity index (χ1n) is 10.1. The minimum Gasteiger partial charge on any atom is -0.368 e. The molecule has 28 heavy (non-hydrogen) atoms. The maximum atomic E-state index is 5.08. The summed E-state index contributed by atoms with van der Waals surface area (Å²) in [6.07, 6.45) is 6.18. The number of nitrogens with zero attached hydrogens (tertiary/aromatic N) is 3. The Bertz CT molecular complexity index is 1150. The number of rotatable bonds is 5. The van der Waals surface area contributed by atoms with Gasteiger partial charge in [0.05, 0.1) is 10.2 Å². The first-order valence-corrected chi connectivity index (χ1v) is 10.9. The van der Waals surface area contributed by atoms with Crippen LogP contribution >= 0.6 is 11.3 Å². The largest absolute Gasteiger partial charge is 0.368 e. The summed E-state index contributed by atoms with van der Waals surface area (Å²) in [4.78, 5) is 15.4. The highest BCUT2D eigenvalue weighted by Gasteiger charge is 2.25. The third-order valence-corrected chi connectivity index (χ3v) is 6.68. The number of hydrogen-bond acceptors (Lipinski definition) is 5. The molecule has 1 aliphatic rings. The summed E-state index contributed by atoms with van der Waals surface area (Å²) >= 11 is 1.73. The fraction of sp³-hybridized carbons (Fsp3) is 0.348. The highest BCUT2D eigenvalue weighted by atomic mass is 32.1. The molecule has 5 heteroatoms. The van der Waals surface area contributed by atoms with Gasteiger partial charge in [-0.3, -0.25) is 0 Å². The lowest BCUT2D eigenvalue weighted by Gasteiger charge is -2.11. The molecule has 4 nitrogen and oxygen atoms in total. The van der Waals surface area contributed by atoms with Crippen LogP contribution in [0.2, 0.25) is 0 Å². The van der Waals surface area contributed by atoms with Gasteiger partial charge in [-0.05, 0) is 48.3 Å². The number of anilines is 1. The van der Waals surface area contributed by atoms with E-state index in [1.807, 2.05) is 0 Å². The summed E-state index contributed by atoms with van der Waals surface area (Å²) in [5.41, 5.74) is 6.63. The van der Waals surface area contributed by atoms with E-state index in [2.05, 4.69) is 59.5 Å². The second-order valence-corrected chi connectivity index (χ2v) is 8.81. The van der Waals surface area contributed by atoms with E-state index < -0.39 is 0 Å². The molecule has 1 aromatic carbocycles. The predicted octanol–water partition coefficient (Wildman–Crippen LogP) is 5.51. The highest BCUT2D eigenvalue weighted by molar-refractivity contribution is 7.26. The number of aromatic nitrogens is 3. The van der Waals surface area contributed by atoms with Crippen LogP contribution in [0.25, 0.3) is 20.4 Å². The Hall–Kier alpha value is -2.53. The topological polar surface area (TPSA) is 50.7 Å². The molecule has 1 N–H and O–H groups in total. The monoisotopic (exact) mass is 388 g/mol. The number of benzene rings is 1. The van der Waals surface area contributed by atoms with Crippen LogP contribution < -0.4 is 5.32 Å². The molecule has 3 heterocycles. The van der Waals surface area contributed by atoms with Crippen LogP contribution in [0.5, 0.6) is 0 Å². The van der Waals surface area contributed by atoms with Gasteiger partial charge in [-0.2, -0.15) is 0 Å². The molecule has 1 aliphatic carbocycles. The number of fused-ring (bicyclic) bond motifs is 5. The average molecular weight is 389 g/mol. The van der Waals surface area contributed by atoms with Gasteiger partial charge in [0.25, 0.3) is 0 Å². The summed E-state index contributed by atoms with van der Waals surface area (Å²) < 4.78 is 1.13. The van der Waals surface area contributed by atoms with E-state index in [0.717, 1.165) is 46.7 Å². The maximum Gasteiger partial charge on any atom is 0.147 e. The average Bonchev–Trinajstić information content (AvgIpc) is 3.32. The van der Waals surface area contributed by atoms with Crippen molar-refractivity contribution in [2.24, 2.45) is 0 Å². The van der Waals surface area contributed by atoms with Crippen molar-refractivity contribution in [3.05, 3.63) is 59.0 Å². The minimum absolute atomic E-state index is 0.455. The van der Waals surface area contributed by atoms with E-state index in [4.69, 9.17) is 4.98 Å². The molecule has 0 fully saturated rings. The molecule has 0 radical (unpaired) electrons. The van der Waals surface area contributed by atoms with Crippen molar-refractivity contribution in [2.45, 2.75) is 45.4 Å². The highest BCUT2D eigenvalue weighted by Crippen LogP contribution is 2.42. The van der Waals surface area contributed by atoms with Gasteiger partial charge in [-0.25, -0.2) is 15.0 Å². The smallest absolute Gasteiger partial charge is 0.147 e. The number of aryl methyl sites for hydroxylation is 1. The zero-order chi connectivity index (χ0) is 19.1. The standard InChI is InChI=1S/C23H24N4S/c1-14(2)19-17-10-6-9-16(17)18-20-21(28-23(18)27-19)22(26-13-25-20)24-12-11-15-7-4-3-5-8-15/h3-5,7-8,13-14H,6,9-12H2,1-2H3,(H,24,25,26). The molecule has 4 aromatic rings. The van der Waals surface area contributed by atoms with E-state index in [1.54, 1.807) is 17.7 Å². The number of nitrogens with one attached hydrogen (secondary N) is 1. The zero-order valence-electron chi connectivity index (χ0n) is 16.3. The fourth-order valence-electron chi connectivity index (χ4n) is 4.30. The maximum absolute atomic E-state index is 5.08. The summed E-state index contributed by atoms with van der Waals surface area (Å²) in [6, 6.07) is 10.6. The summed E-state index contributed by atoms with van der Waals surface area (Å²) in [5.74, 6) is 1.39. The van der Waals surface area contributed by atoms with Gasteiger partial charge in [0, 0.05) is 17.6 Å². The molecule has 5 rings (SSSR count). The fourth-order valence-corrected chi connectivity index (χ4v) is 5.43. The Morgan fingerprint density at radius 3 is 2.71 bits per heavy atom. The van der Waals surface area contributed by atoms with Crippen molar-refractivity contribution in [3.63, 3.8) is 0 Å². The molecule has 0 amide bonds. The van der Waals surface area contributed by atoms with Gasteiger partial charge in [0.2, 0.25) is 0 Å². The number of pyridine rings is 1. The molecule has 0 spiro atoms. The predicted molar refractivity (Wildman–Crippen MR) is 117 cm³/mol. The summed E-state index contributed by atoms with van der Waals surface area (Å²) in [6.45, 7) is 5.35. The Balaban J connectivity index is 1.55. The van der Waals surface area contributed by atoms with Crippen LogP contribution in [-0.2, 0) is 19.3 Å². The molecular formula is C23H24N4S. The van der Waals surface area contributed by atoms with Crippen LogP contribution in [-0.4, -0.2) is 21.5 Å². The molecule has 0 unspecified atom stereocenters. The number of hydrogen-bond donors (Lipinski definition) is 1. The molecular weight excluding hydrogens is 364 g/mol. The first kappa shape index (κ1) is 17.6. The van der Waals surface area contributed by atoms with E-state index in [1.165, 1.54) is 34.2 Å². The van der Waals surface area contributed by atoms with Crippen LogP contribution in [0.3, 0.4) is 0 Å². The van der Waals surface area contributed by atoms with Crippen LogP contribution in [0.1, 0.15) is 48.6 Å². The van der Waals surface area contributed by atoms with Crippen molar-refractivity contribution >= 4 is 37.6 Å². The van der Waals surface area contributed by atoms with Crippen molar-refractivity contribution < 1.29 is 0 Å². The lowest BCUT2D eigenvalue weighted by atomic mass is 9.99. The van der Waals surface area contributed by atoms with Crippen LogP contribution in [0, 0.1) is 0 Å². The lowest BCUT2D eigenvalue weighted by molar-refractivity contribution is 0.805. The van der Waals surface area contributed by atoms with Crippen molar-refractivity contribution in [2.75, 3.05) is 11.9 Å². The van der Waals surface area contributed by atoms with E-state index in [0.29, 0.717) is 5.92 Å². The first-order chi connectivity index (χ1) is 13.7. The molecule has 0 atom stereocenters. The van der Waals surface area contributed by atoms with Gasteiger partial charge >= 0.3 is 0 Å². The zero-order valence-corrected chi connectivity index (χ0v) is 17.1. The number of thiophene rings is 1. The van der Waals surface area contributed by atoms with Crippen molar-refractivity contribution in [1.29, 1.82) is 0 Å². The van der Waals surface area contributed by atoms with Gasteiger partial charge < -0.3 is 5.32 Å². The molecule has 0 bridgehead atoms. The normalized spacial score (nSPS) is 13.5. The Kier molecular flexibility index (Phi) is 4.47. The van der Waals surface area contributed by atoms with Gasteiger partial charge in [0.1, 0.15) is 17.0 Å². The van der Waals surface area contributed by atoms with Crippen LogP contribution in [0.15, 0.2) is 36.7 Å². The van der Waals surface area contributed by atoms with Gasteiger partial charge in [0.15, 0.2) is 0 Å². The summed E-state index contributed by atoms with van der Waals surface area (Å²) in [7, 11) is 0. The Labute approximate surface area is 169 Å². The molecule has 0 aliphatic heterocycles. The Morgan fingerprint density at radius 1 is 1.07 bits per heavy atom.